The van der Waals surface area contributed by atoms with Gasteiger partial charge in [0.05, 0.1) is 0 Å². The zero-order valence-corrected chi connectivity index (χ0v) is 10.3. The first-order valence-electron chi connectivity index (χ1n) is 7.19. The highest BCUT2D eigenvalue weighted by molar-refractivity contribution is 5.10. The van der Waals surface area contributed by atoms with Crippen LogP contribution in [-0.2, 0) is 0 Å². The van der Waals surface area contributed by atoms with Gasteiger partial charge in [0.25, 0.3) is 0 Å². The van der Waals surface area contributed by atoms with E-state index in [4.69, 9.17) is 0 Å². The number of hydrogen-bond acceptors (Lipinski definition) is 0. The first-order chi connectivity index (χ1) is 7.35. The van der Waals surface area contributed by atoms with Gasteiger partial charge in [-0.1, -0.05) is 13.8 Å². The second-order valence-corrected chi connectivity index (χ2v) is 6.12. The van der Waals surface area contributed by atoms with Gasteiger partial charge in [-0.25, -0.2) is 0 Å². The molecule has 0 aromatic rings. The minimum absolute atomic E-state index is 1.04. The summed E-state index contributed by atoms with van der Waals surface area (Å²) in [5.74, 6) is 7.52. The van der Waals surface area contributed by atoms with Crippen LogP contribution in [0.25, 0.3) is 0 Å². The van der Waals surface area contributed by atoms with Crippen molar-refractivity contribution in [3.05, 3.63) is 5.92 Å². The normalized spacial score (nSPS) is 47.8. The van der Waals surface area contributed by atoms with Gasteiger partial charge >= 0.3 is 0 Å². The summed E-state index contributed by atoms with van der Waals surface area (Å²) in [5.41, 5.74) is 0. The van der Waals surface area contributed by atoms with Gasteiger partial charge in [0.2, 0.25) is 0 Å². The summed E-state index contributed by atoms with van der Waals surface area (Å²) in [4.78, 5) is 0. The molecule has 0 aliphatic heterocycles. The quantitative estimate of drug-likeness (QED) is 0.638. The molecule has 3 fully saturated rings. The molecule has 0 heterocycles. The molecule has 1 radical (unpaired) electrons. The SMILES string of the molecule is CC[C](CC)C1CCC2C3CCC(C3)C12. The molecule has 5 unspecified atom stereocenters. The zero-order chi connectivity index (χ0) is 10.4. The third-order valence-corrected chi connectivity index (χ3v) is 5.87. The highest BCUT2D eigenvalue weighted by Crippen LogP contribution is 2.62. The fourth-order valence-corrected chi connectivity index (χ4v) is 5.33. The Balaban J connectivity index is 1.77. The van der Waals surface area contributed by atoms with Crippen LogP contribution in [-0.4, -0.2) is 0 Å². The molecule has 0 heteroatoms. The van der Waals surface area contributed by atoms with E-state index in [2.05, 4.69) is 13.8 Å². The van der Waals surface area contributed by atoms with E-state index in [0.717, 1.165) is 29.6 Å². The van der Waals surface area contributed by atoms with Crippen molar-refractivity contribution < 1.29 is 0 Å². The van der Waals surface area contributed by atoms with Crippen LogP contribution in [0.3, 0.4) is 0 Å². The van der Waals surface area contributed by atoms with E-state index in [1.165, 1.54) is 12.8 Å². The Morgan fingerprint density at radius 2 is 1.67 bits per heavy atom. The molecule has 3 rings (SSSR count). The predicted octanol–water partition coefficient (Wildman–Crippen LogP) is 4.45. The van der Waals surface area contributed by atoms with E-state index in [1.54, 1.807) is 32.1 Å². The third kappa shape index (κ3) is 1.40. The first kappa shape index (κ1) is 10.2. The molecular formula is C15H25. The second kappa shape index (κ2) is 3.79. The lowest BCUT2D eigenvalue weighted by Gasteiger charge is -2.32. The standard InChI is InChI=1S/C15H25/c1-3-10(4-2)13-7-8-14-11-5-6-12(9-11)15(13)14/h11-15H,3-9H2,1-2H3. The number of fused-ring (bicyclic) bond motifs is 5. The molecule has 0 N–H and O–H groups in total. The zero-order valence-electron chi connectivity index (χ0n) is 10.3. The lowest BCUT2D eigenvalue weighted by molar-refractivity contribution is 0.212. The molecular weight excluding hydrogens is 180 g/mol. The smallest absolute Gasteiger partial charge is 0.0213 e. The van der Waals surface area contributed by atoms with Crippen molar-refractivity contribution in [1.82, 2.24) is 0 Å². The van der Waals surface area contributed by atoms with E-state index in [9.17, 15) is 0 Å². The van der Waals surface area contributed by atoms with Crippen LogP contribution in [0.5, 0.6) is 0 Å². The monoisotopic (exact) mass is 205 g/mol. The van der Waals surface area contributed by atoms with Crippen LogP contribution in [0.15, 0.2) is 0 Å². The molecule has 0 saturated heterocycles. The molecule has 3 aliphatic carbocycles. The Morgan fingerprint density at radius 3 is 2.40 bits per heavy atom. The average molecular weight is 205 g/mol. The summed E-state index contributed by atoms with van der Waals surface area (Å²) >= 11 is 0. The fraction of sp³-hybridized carbons (Fsp3) is 0.933. The van der Waals surface area contributed by atoms with Crippen molar-refractivity contribution in [1.29, 1.82) is 0 Å². The van der Waals surface area contributed by atoms with Gasteiger partial charge in [0, 0.05) is 0 Å². The molecule has 2 bridgehead atoms. The van der Waals surface area contributed by atoms with Crippen LogP contribution in [0.4, 0.5) is 0 Å². The van der Waals surface area contributed by atoms with Crippen molar-refractivity contribution in [2.24, 2.45) is 29.6 Å². The van der Waals surface area contributed by atoms with Crippen molar-refractivity contribution in [2.45, 2.75) is 58.8 Å². The lowest BCUT2D eigenvalue weighted by atomic mass is 9.72. The maximum atomic E-state index is 2.37. The van der Waals surface area contributed by atoms with Crippen molar-refractivity contribution in [3.63, 3.8) is 0 Å². The topological polar surface area (TPSA) is 0 Å². The van der Waals surface area contributed by atoms with E-state index in [1.807, 2.05) is 5.92 Å². The second-order valence-electron chi connectivity index (χ2n) is 6.12. The number of rotatable bonds is 3. The van der Waals surface area contributed by atoms with Gasteiger partial charge in [-0.2, -0.15) is 0 Å². The molecule has 0 nitrogen and oxygen atoms in total. The van der Waals surface area contributed by atoms with Gasteiger partial charge < -0.3 is 0 Å². The van der Waals surface area contributed by atoms with Gasteiger partial charge in [-0.15, -0.1) is 0 Å². The van der Waals surface area contributed by atoms with Gasteiger partial charge in [0.1, 0.15) is 0 Å². The van der Waals surface area contributed by atoms with Crippen molar-refractivity contribution in [3.8, 4) is 0 Å². The molecule has 0 aromatic carbocycles. The molecule has 0 amide bonds. The lowest BCUT2D eigenvalue weighted by Crippen LogP contribution is -2.25. The maximum absolute atomic E-state index is 2.37. The molecule has 15 heavy (non-hydrogen) atoms. The summed E-state index contributed by atoms with van der Waals surface area (Å²) in [6.07, 6.45) is 10.6. The van der Waals surface area contributed by atoms with Gasteiger partial charge in [-0.05, 0) is 80.5 Å². The van der Waals surface area contributed by atoms with Gasteiger partial charge in [-0.3, -0.25) is 0 Å². The van der Waals surface area contributed by atoms with Crippen LogP contribution in [0.1, 0.15) is 58.8 Å². The molecule has 0 spiro atoms. The Labute approximate surface area is 94.8 Å². The summed E-state index contributed by atoms with van der Waals surface area (Å²) in [6, 6.07) is 0. The molecule has 5 atom stereocenters. The van der Waals surface area contributed by atoms with Crippen LogP contribution >= 0.6 is 0 Å². The predicted molar refractivity (Wildman–Crippen MR) is 64.4 cm³/mol. The molecule has 3 aliphatic rings. The highest BCUT2D eigenvalue weighted by Gasteiger charge is 2.54. The Morgan fingerprint density at radius 1 is 0.933 bits per heavy atom. The van der Waals surface area contributed by atoms with Crippen LogP contribution in [0, 0.1) is 35.5 Å². The molecule has 3 saturated carbocycles. The molecule has 85 valence electrons. The molecule has 0 aromatic heterocycles. The Hall–Kier alpha value is 0. The van der Waals surface area contributed by atoms with E-state index >= 15 is 0 Å². The highest BCUT2D eigenvalue weighted by atomic mass is 14.6. The minimum atomic E-state index is 1.04. The van der Waals surface area contributed by atoms with Crippen molar-refractivity contribution >= 4 is 0 Å². The third-order valence-electron chi connectivity index (χ3n) is 5.87. The van der Waals surface area contributed by atoms with E-state index in [-0.39, 0.29) is 0 Å². The first-order valence-corrected chi connectivity index (χ1v) is 7.19. The van der Waals surface area contributed by atoms with E-state index < -0.39 is 0 Å². The fourth-order valence-electron chi connectivity index (χ4n) is 5.33. The number of hydrogen-bond donors (Lipinski definition) is 0. The summed E-state index contributed by atoms with van der Waals surface area (Å²) in [6.45, 7) is 4.75. The Kier molecular flexibility index (Phi) is 2.57. The maximum Gasteiger partial charge on any atom is -0.0213 e. The van der Waals surface area contributed by atoms with Gasteiger partial charge in [0.15, 0.2) is 0 Å². The van der Waals surface area contributed by atoms with E-state index in [0.29, 0.717) is 0 Å². The Bertz CT molecular complexity index is 228. The largest absolute Gasteiger partial charge is 0.0648 e. The summed E-state index contributed by atoms with van der Waals surface area (Å²) in [7, 11) is 0. The van der Waals surface area contributed by atoms with Crippen molar-refractivity contribution in [2.75, 3.05) is 0 Å². The average Bonchev–Trinajstić information content (AvgIpc) is 2.90. The van der Waals surface area contributed by atoms with Crippen LogP contribution < -0.4 is 0 Å². The summed E-state index contributed by atoms with van der Waals surface area (Å²) in [5, 5.41) is 0. The van der Waals surface area contributed by atoms with Crippen LogP contribution in [0.2, 0.25) is 0 Å². The summed E-state index contributed by atoms with van der Waals surface area (Å²) < 4.78 is 0. The minimum Gasteiger partial charge on any atom is -0.0648 e.